The van der Waals surface area contributed by atoms with Gasteiger partial charge in [-0.1, -0.05) is 18.2 Å². The number of thiophene rings is 1. The molecule has 1 aromatic heterocycles. The van der Waals surface area contributed by atoms with Crippen molar-refractivity contribution in [2.75, 3.05) is 37.7 Å². The molecule has 2 aromatic rings. The van der Waals surface area contributed by atoms with Gasteiger partial charge in [0.25, 0.3) is 15.6 Å². The van der Waals surface area contributed by atoms with Gasteiger partial charge in [0.1, 0.15) is 4.21 Å². The molecule has 0 aliphatic carbocycles. The number of nitrogens with zero attached hydrogens (tertiary/aromatic N) is 2. The standard InChI is InChI=1S/C19H20F6N2O4S2/c20-18(21,22)17(29,19(23,24)25)14-3-4-15(13(12-14)5-10-28)26-6-8-27(9-7-26)33(30,31)16-2-1-11-32-16/h1-4,11-12,28-29H,5-10H2. The summed E-state index contributed by atoms with van der Waals surface area (Å²) in [5.74, 6) is 0. The molecule has 1 aliphatic heterocycles. The van der Waals surface area contributed by atoms with Crippen molar-refractivity contribution >= 4 is 27.0 Å². The zero-order valence-electron chi connectivity index (χ0n) is 16.9. The molecule has 0 bridgehead atoms. The Morgan fingerprint density at radius 1 is 0.970 bits per heavy atom. The van der Waals surface area contributed by atoms with Crippen LogP contribution in [0.4, 0.5) is 32.0 Å². The van der Waals surface area contributed by atoms with Gasteiger partial charge in [-0.15, -0.1) is 11.3 Å². The molecule has 1 saturated heterocycles. The van der Waals surface area contributed by atoms with Crippen molar-refractivity contribution in [3.05, 3.63) is 46.8 Å². The van der Waals surface area contributed by atoms with E-state index in [0.29, 0.717) is 12.1 Å². The number of hydrogen-bond acceptors (Lipinski definition) is 6. The molecule has 1 fully saturated rings. The van der Waals surface area contributed by atoms with Crippen molar-refractivity contribution in [1.29, 1.82) is 0 Å². The molecule has 0 amide bonds. The summed E-state index contributed by atoms with van der Waals surface area (Å²) in [6.07, 6.45) is -12.3. The zero-order valence-corrected chi connectivity index (χ0v) is 18.5. The largest absolute Gasteiger partial charge is 0.430 e. The van der Waals surface area contributed by atoms with Crippen LogP contribution in [0.15, 0.2) is 39.9 Å². The monoisotopic (exact) mass is 518 g/mol. The quantitative estimate of drug-likeness (QED) is 0.575. The van der Waals surface area contributed by atoms with Crippen molar-refractivity contribution in [3.8, 4) is 0 Å². The highest BCUT2D eigenvalue weighted by Crippen LogP contribution is 2.50. The van der Waals surface area contributed by atoms with Gasteiger partial charge >= 0.3 is 12.4 Å². The summed E-state index contributed by atoms with van der Waals surface area (Å²) in [4.78, 5) is 1.62. The Kier molecular flexibility index (Phi) is 7.07. The second-order valence-electron chi connectivity index (χ2n) is 7.35. The highest BCUT2D eigenvalue weighted by atomic mass is 32.2. The van der Waals surface area contributed by atoms with E-state index in [1.54, 1.807) is 16.3 Å². The molecule has 2 N–H and O–H groups in total. The number of piperazine rings is 1. The molecule has 14 heteroatoms. The maximum Gasteiger partial charge on any atom is 0.430 e. The lowest BCUT2D eigenvalue weighted by Gasteiger charge is -2.37. The van der Waals surface area contributed by atoms with Crippen LogP contribution in [-0.2, 0) is 22.0 Å². The van der Waals surface area contributed by atoms with E-state index in [1.165, 1.54) is 10.4 Å². The van der Waals surface area contributed by atoms with Gasteiger partial charge in [0.05, 0.1) is 0 Å². The lowest BCUT2D eigenvalue weighted by Crippen LogP contribution is -2.54. The van der Waals surface area contributed by atoms with E-state index < -0.39 is 40.1 Å². The molecular formula is C19H20F6N2O4S2. The Morgan fingerprint density at radius 3 is 2.06 bits per heavy atom. The topological polar surface area (TPSA) is 81.1 Å². The van der Waals surface area contributed by atoms with Crippen LogP contribution >= 0.6 is 11.3 Å². The summed E-state index contributed by atoms with van der Waals surface area (Å²) in [5, 5.41) is 20.6. The van der Waals surface area contributed by atoms with Gasteiger partial charge < -0.3 is 15.1 Å². The predicted molar refractivity (Wildman–Crippen MR) is 109 cm³/mol. The van der Waals surface area contributed by atoms with E-state index in [9.17, 15) is 45.0 Å². The summed E-state index contributed by atoms with van der Waals surface area (Å²) >= 11 is 1.06. The van der Waals surface area contributed by atoms with Gasteiger partial charge in [-0.25, -0.2) is 8.42 Å². The minimum atomic E-state index is -6.02. The average Bonchev–Trinajstić information content (AvgIpc) is 3.28. The molecule has 33 heavy (non-hydrogen) atoms. The summed E-state index contributed by atoms with van der Waals surface area (Å²) in [6, 6.07) is 5.21. The van der Waals surface area contributed by atoms with E-state index in [-0.39, 0.29) is 48.1 Å². The Labute approximate surface area is 189 Å². The van der Waals surface area contributed by atoms with E-state index >= 15 is 0 Å². The smallest absolute Gasteiger partial charge is 0.396 e. The fourth-order valence-corrected chi connectivity index (χ4v) is 6.20. The van der Waals surface area contributed by atoms with E-state index in [4.69, 9.17) is 0 Å². The number of hydrogen-bond donors (Lipinski definition) is 2. The van der Waals surface area contributed by atoms with Gasteiger partial charge in [-0.3, -0.25) is 0 Å². The third kappa shape index (κ3) is 4.71. The normalized spacial score (nSPS) is 16.9. The number of anilines is 1. The molecule has 1 aromatic carbocycles. The van der Waals surface area contributed by atoms with Crippen LogP contribution in [0.5, 0.6) is 0 Å². The number of rotatable bonds is 6. The molecular weight excluding hydrogens is 498 g/mol. The van der Waals surface area contributed by atoms with Crippen molar-refractivity contribution in [2.45, 2.75) is 28.6 Å². The molecule has 1 aliphatic rings. The lowest BCUT2D eigenvalue weighted by molar-refractivity contribution is -0.376. The fraction of sp³-hybridized carbons (Fsp3) is 0.474. The Balaban J connectivity index is 1.89. The minimum Gasteiger partial charge on any atom is -0.396 e. The second kappa shape index (κ2) is 9.06. The van der Waals surface area contributed by atoms with Crippen LogP contribution in [0.1, 0.15) is 11.1 Å². The first kappa shape index (κ1) is 25.7. The van der Waals surface area contributed by atoms with E-state index in [0.717, 1.165) is 17.4 Å². The molecule has 6 nitrogen and oxygen atoms in total. The van der Waals surface area contributed by atoms with Gasteiger partial charge in [0, 0.05) is 44.0 Å². The van der Waals surface area contributed by atoms with Crippen LogP contribution in [0.2, 0.25) is 0 Å². The van der Waals surface area contributed by atoms with Crippen molar-refractivity contribution < 1.29 is 45.0 Å². The van der Waals surface area contributed by atoms with Crippen LogP contribution in [-0.4, -0.2) is 68.1 Å². The average molecular weight is 519 g/mol. The Hall–Kier alpha value is -1.87. The first-order chi connectivity index (χ1) is 15.2. The maximum absolute atomic E-state index is 13.2. The van der Waals surface area contributed by atoms with Gasteiger partial charge in [-0.2, -0.15) is 30.6 Å². The van der Waals surface area contributed by atoms with Crippen LogP contribution in [0, 0.1) is 0 Å². The second-order valence-corrected chi connectivity index (χ2v) is 10.5. The molecule has 0 unspecified atom stereocenters. The predicted octanol–water partition coefficient (Wildman–Crippen LogP) is 3.11. The molecule has 0 spiro atoms. The first-order valence-corrected chi connectivity index (χ1v) is 11.9. The molecule has 184 valence electrons. The molecule has 3 rings (SSSR count). The molecule has 2 heterocycles. The number of benzene rings is 1. The number of alkyl halides is 6. The highest BCUT2D eigenvalue weighted by Gasteiger charge is 2.71. The van der Waals surface area contributed by atoms with Gasteiger partial charge in [0.15, 0.2) is 0 Å². The zero-order chi connectivity index (χ0) is 24.7. The minimum absolute atomic E-state index is 0.0310. The Bertz CT molecular complexity index is 1050. The third-order valence-electron chi connectivity index (χ3n) is 5.37. The van der Waals surface area contributed by atoms with E-state index in [2.05, 4.69) is 0 Å². The number of sulfonamides is 1. The summed E-state index contributed by atoms with van der Waals surface area (Å²) < 4.78 is 106. The van der Waals surface area contributed by atoms with Gasteiger partial charge in [0.2, 0.25) is 0 Å². The number of aliphatic hydroxyl groups excluding tert-OH is 1. The van der Waals surface area contributed by atoms with Crippen molar-refractivity contribution in [3.63, 3.8) is 0 Å². The number of aliphatic hydroxyl groups is 2. The van der Waals surface area contributed by atoms with Crippen molar-refractivity contribution in [2.24, 2.45) is 0 Å². The van der Waals surface area contributed by atoms with Gasteiger partial charge in [-0.05, 0) is 29.5 Å². The van der Waals surface area contributed by atoms with Crippen molar-refractivity contribution in [1.82, 2.24) is 4.31 Å². The van der Waals surface area contributed by atoms with Crippen LogP contribution in [0.3, 0.4) is 0 Å². The highest BCUT2D eigenvalue weighted by molar-refractivity contribution is 7.91. The Morgan fingerprint density at radius 2 is 1.58 bits per heavy atom. The van der Waals surface area contributed by atoms with Crippen LogP contribution in [0.25, 0.3) is 0 Å². The molecule has 0 radical (unpaired) electrons. The SMILES string of the molecule is O=S(=O)(c1cccs1)N1CCN(c2ccc(C(O)(C(F)(F)F)C(F)(F)F)cc2CCO)CC1. The fourth-order valence-electron chi connectivity index (χ4n) is 3.63. The van der Waals surface area contributed by atoms with E-state index in [1.807, 2.05) is 0 Å². The van der Waals surface area contributed by atoms with Crippen LogP contribution < -0.4 is 4.90 Å². The summed E-state index contributed by atoms with van der Waals surface area (Å²) in [6.45, 7) is -0.193. The molecule has 0 saturated carbocycles. The number of halogens is 6. The first-order valence-electron chi connectivity index (χ1n) is 9.62. The summed E-state index contributed by atoms with van der Waals surface area (Å²) in [7, 11) is -3.70. The molecule has 0 atom stereocenters. The lowest BCUT2D eigenvalue weighted by atomic mass is 9.89. The summed E-state index contributed by atoms with van der Waals surface area (Å²) in [5.41, 5.74) is -6.26. The third-order valence-corrected chi connectivity index (χ3v) is 8.64. The maximum atomic E-state index is 13.2.